The number of carboxylic acids is 1. The van der Waals surface area contributed by atoms with Crippen LogP contribution in [0.4, 0.5) is 0 Å². The lowest BCUT2D eigenvalue weighted by molar-refractivity contribution is -0.143. The Balaban J connectivity index is 2.11. The summed E-state index contributed by atoms with van der Waals surface area (Å²) in [7, 11) is -2.37. The molecule has 0 aromatic carbocycles. The Labute approximate surface area is 115 Å². The van der Waals surface area contributed by atoms with Gasteiger partial charge in [-0.2, -0.15) is 0 Å². The van der Waals surface area contributed by atoms with E-state index in [-0.39, 0.29) is 17.1 Å². The molecule has 20 heavy (non-hydrogen) atoms. The van der Waals surface area contributed by atoms with E-state index in [1.165, 1.54) is 17.8 Å². The molecule has 1 aliphatic carbocycles. The Morgan fingerprint density at radius 1 is 1.50 bits per heavy atom. The van der Waals surface area contributed by atoms with Gasteiger partial charge >= 0.3 is 5.97 Å². The molecule has 0 aliphatic heterocycles. The number of carbonyl (C=O) groups is 2. The highest BCUT2D eigenvalue weighted by molar-refractivity contribution is 7.89. The first kappa shape index (κ1) is 14.5. The van der Waals surface area contributed by atoms with Gasteiger partial charge in [0.1, 0.15) is 10.6 Å². The van der Waals surface area contributed by atoms with Crippen LogP contribution in [0.3, 0.4) is 0 Å². The van der Waals surface area contributed by atoms with Crippen molar-refractivity contribution in [2.24, 2.45) is 17.6 Å². The summed E-state index contributed by atoms with van der Waals surface area (Å²) in [6.07, 6.45) is 2.28. The molecule has 8 nitrogen and oxygen atoms in total. The summed E-state index contributed by atoms with van der Waals surface area (Å²) in [6, 6.07) is 1.16. The highest BCUT2D eigenvalue weighted by atomic mass is 32.2. The molecule has 0 spiro atoms. The Morgan fingerprint density at radius 3 is 2.50 bits per heavy atom. The second-order valence-corrected chi connectivity index (χ2v) is 6.55. The number of sulfonamides is 1. The van der Waals surface area contributed by atoms with E-state index in [1.54, 1.807) is 0 Å². The van der Waals surface area contributed by atoms with E-state index in [0.717, 1.165) is 6.07 Å². The molecule has 9 heteroatoms. The molecule has 0 bridgehead atoms. The number of amides is 1. The number of hydrogen-bond donors (Lipinski definition) is 3. The van der Waals surface area contributed by atoms with E-state index in [2.05, 4.69) is 5.32 Å². The molecular formula is C11H15N3O5S. The molecule has 1 aliphatic rings. The maximum absolute atomic E-state index is 11.9. The van der Waals surface area contributed by atoms with Gasteiger partial charge < -0.3 is 15.0 Å². The highest BCUT2D eigenvalue weighted by Gasteiger charge is 2.50. The fourth-order valence-corrected chi connectivity index (χ4v) is 2.45. The number of aromatic nitrogens is 1. The third-order valence-electron chi connectivity index (χ3n) is 3.44. The van der Waals surface area contributed by atoms with E-state index in [1.807, 2.05) is 0 Å². The van der Waals surface area contributed by atoms with Crippen LogP contribution in [0.15, 0.2) is 17.2 Å². The van der Waals surface area contributed by atoms with Crippen LogP contribution in [0.25, 0.3) is 0 Å². The summed E-state index contributed by atoms with van der Waals surface area (Å²) in [4.78, 5) is 22.8. The first-order valence-corrected chi connectivity index (χ1v) is 7.41. The van der Waals surface area contributed by atoms with Gasteiger partial charge in [-0.15, -0.1) is 0 Å². The molecule has 1 heterocycles. The molecule has 1 fully saturated rings. The molecular weight excluding hydrogens is 286 g/mol. The largest absolute Gasteiger partial charge is 0.481 e. The van der Waals surface area contributed by atoms with E-state index in [9.17, 15) is 18.0 Å². The van der Waals surface area contributed by atoms with Gasteiger partial charge in [-0.1, -0.05) is 0 Å². The van der Waals surface area contributed by atoms with Gasteiger partial charge in [0.2, 0.25) is 10.0 Å². The third-order valence-corrected chi connectivity index (χ3v) is 4.32. The van der Waals surface area contributed by atoms with Crippen molar-refractivity contribution in [3.63, 3.8) is 0 Å². The van der Waals surface area contributed by atoms with Crippen LogP contribution < -0.4 is 10.5 Å². The van der Waals surface area contributed by atoms with Gasteiger partial charge in [0.05, 0.1) is 5.41 Å². The average molecular weight is 301 g/mol. The van der Waals surface area contributed by atoms with Crippen LogP contribution in [-0.4, -0.2) is 36.5 Å². The normalized spacial score (nSPS) is 16.7. The van der Waals surface area contributed by atoms with Crippen molar-refractivity contribution >= 4 is 21.9 Å². The molecule has 0 atom stereocenters. The first-order chi connectivity index (χ1) is 9.16. The number of aryl methyl sites for hydroxylation is 1. The lowest BCUT2D eigenvalue weighted by atomic mass is 10.1. The monoisotopic (exact) mass is 301 g/mol. The van der Waals surface area contributed by atoms with E-state index in [0.29, 0.717) is 12.8 Å². The van der Waals surface area contributed by atoms with Crippen molar-refractivity contribution in [2.45, 2.75) is 17.7 Å². The van der Waals surface area contributed by atoms with Crippen molar-refractivity contribution in [3.8, 4) is 0 Å². The SMILES string of the molecule is Cn1cc(S(N)(=O)=O)cc1C(=O)NCC1(C(=O)O)CC1. The predicted octanol–water partition coefficient (Wildman–Crippen LogP) is -0.733. The van der Waals surface area contributed by atoms with Gasteiger partial charge in [0, 0.05) is 19.8 Å². The Morgan fingerprint density at radius 2 is 2.10 bits per heavy atom. The maximum Gasteiger partial charge on any atom is 0.311 e. The average Bonchev–Trinajstić information content (AvgIpc) is 3.02. The van der Waals surface area contributed by atoms with Crippen molar-refractivity contribution in [1.29, 1.82) is 0 Å². The zero-order valence-corrected chi connectivity index (χ0v) is 11.6. The molecule has 1 aromatic rings. The van der Waals surface area contributed by atoms with Crippen LogP contribution in [0.2, 0.25) is 0 Å². The molecule has 2 rings (SSSR count). The topological polar surface area (TPSA) is 131 Å². The molecule has 4 N–H and O–H groups in total. The highest BCUT2D eigenvalue weighted by Crippen LogP contribution is 2.45. The van der Waals surface area contributed by atoms with Gasteiger partial charge in [-0.3, -0.25) is 9.59 Å². The molecule has 0 saturated heterocycles. The molecule has 1 amide bonds. The van der Waals surface area contributed by atoms with E-state index < -0.39 is 27.3 Å². The smallest absolute Gasteiger partial charge is 0.311 e. The summed E-state index contributed by atoms with van der Waals surface area (Å²) in [5.74, 6) is -1.47. The minimum Gasteiger partial charge on any atom is -0.481 e. The van der Waals surface area contributed by atoms with Crippen LogP contribution in [0, 0.1) is 5.41 Å². The van der Waals surface area contributed by atoms with Crippen molar-refractivity contribution in [3.05, 3.63) is 18.0 Å². The lowest BCUT2D eigenvalue weighted by Crippen LogP contribution is -2.34. The Bertz CT molecular complexity index is 672. The minimum atomic E-state index is -3.88. The van der Waals surface area contributed by atoms with Gasteiger partial charge in [-0.05, 0) is 18.9 Å². The number of nitrogens with zero attached hydrogens (tertiary/aromatic N) is 1. The second-order valence-electron chi connectivity index (χ2n) is 4.99. The van der Waals surface area contributed by atoms with Crippen molar-refractivity contribution < 1.29 is 23.1 Å². The summed E-state index contributed by atoms with van der Waals surface area (Å²) < 4.78 is 23.7. The van der Waals surface area contributed by atoms with Crippen molar-refractivity contribution in [1.82, 2.24) is 9.88 Å². The zero-order valence-electron chi connectivity index (χ0n) is 10.8. The number of nitrogens with two attached hydrogens (primary N) is 1. The third kappa shape index (κ3) is 2.68. The first-order valence-electron chi connectivity index (χ1n) is 5.86. The number of rotatable bonds is 5. The fraction of sp³-hybridized carbons (Fsp3) is 0.455. The predicted molar refractivity (Wildman–Crippen MR) is 68.4 cm³/mol. The van der Waals surface area contributed by atoms with Crippen LogP contribution in [0.5, 0.6) is 0 Å². The maximum atomic E-state index is 11.9. The van der Waals surface area contributed by atoms with Crippen molar-refractivity contribution in [2.75, 3.05) is 6.54 Å². The lowest BCUT2D eigenvalue weighted by Gasteiger charge is -2.11. The van der Waals surface area contributed by atoms with Crippen LogP contribution in [0.1, 0.15) is 23.3 Å². The molecule has 1 saturated carbocycles. The zero-order chi connectivity index (χ0) is 15.1. The number of carbonyl (C=O) groups excluding carboxylic acids is 1. The van der Waals surface area contributed by atoms with Crippen LogP contribution >= 0.6 is 0 Å². The van der Waals surface area contributed by atoms with Gasteiger partial charge in [0.15, 0.2) is 0 Å². The summed E-state index contributed by atoms with van der Waals surface area (Å²) in [6.45, 7) is 0.0249. The second kappa shape index (κ2) is 4.60. The summed E-state index contributed by atoms with van der Waals surface area (Å²) in [5.41, 5.74) is -0.765. The molecule has 110 valence electrons. The van der Waals surface area contributed by atoms with E-state index >= 15 is 0 Å². The summed E-state index contributed by atoms with van der Waals surface area (Å²) >= 11 is 0. The fourth-order valence-electron chi connectivity index (χ4n) is 1.87. The standard InChI is InChI=1S/C11H15N3O5S/c1-14-5-7(20(12,18)19)4-8(14)9(15)13-6-11(2-3-11)10(16)17/h4-5H,2-3,6H2,1H3,(H,13,15)(H,16,17)(H2,12,18,19). The van der Waals surface area contributed by atoms with Gasteiger partial charge in [0.25, 0.3) is 5.91 Å². The number of hydrogen-bond acceptors (Lipinski definition) is 4. The number of nitrogens with one attached hydrogen (secondary N) is 1. The Kier molecular flexibility index (Phi) is 3.34. The molecule has 1 aromatic heterocycles. The van der Waals surface area contributed by atoms with Gasteiger partial charge in [-0.25, -0.2) is 13.6 Å². The van der Waals surface area contributed by atoms with E-state index in [4.69, 9.17) is 10.2 Å². The number of carboxylic acid groups (broad SMARTS) is 1. The number of aliphatic carboxylic acids is 1. The quantitative estimate of drug-likeness (QED) is 0.659. The molecule has 0 radical (unpaired) electrons. The number of primary sulfonamides is 1. The minimum absolute atomic E-state index is 0.0249. The Hall–Kier alpha value is -1.87. The van der Waals surface area contributed by atoms with Crippen LogP contribution in [-0.2, 0) is 21.9 Å². The summed E-state index contributed by atoms with van der Waals surface area (Å²) in [5, 5.41) is 16.5. The molecule has 0 unspecified atom stereocenters.